The van der Waals surface area contributed by atoms with Crippen LogP contribution in [0, 0.1) is 5.92 Å². The van der Waals surface area contributed by atoms with Crippen LogP contribution in [-0.2, 0) is 9.59 Å². The molecule has 0 aromatic heterocycles. The number of hydrogen-bond acceptors (Lipinski definition) is 5. The average molecular weight is 389 g/mol. The molecule has 2 saturated heterocycles. The lowest BCUT2D eigenvalue weighted by atomic mass is 9.96. The second-order valence-electron chi connectivity index (χ2n) is 7.81. The summed E-state index contributed by atoms with van der Waals surface area (Å²) in [4.78, 5) is 31.0. The Labute approximate surface area is 167 Å². The van der Waals surface area contributed by atoms with E-state index in [1.807, 2.05) is 23.1 Å². The quantitative estimate of drug-likeness (QED) is 0.744. The van der Waals surface area contributed by atoms with Crippen molar-refractivity contribution in [3.8, 4) is 5.75 Å². The summed E-state index contributed by atoms with van der Waals surface area (Å²) in [7, 11) is 2.17. The molecule has 3 rings (SSSR count). The number of carbonyl (C=O) groups is 2. The number of likely N-dealkylation sites (tertiary alicyclic amines) is 1. The van der Waals surface area contributed by atoms with Gasteiger partial charge in [0.1, 0.15) is 5.75 Å². The molecule has 2 aliphatic heterocycles. The van der Waals surface area contributed by atoms with Crippen molar-refractivity contribution in [2.75, 3.05) is 66.0 Å². The number of likely N-dealkylation sites (N-methyl/N-ethyl adjacent to an activating group) is 1. The SMILES string of the molecule is CN1CCN(CC2CCN(C(=O)CNC(=O)COc3ccccc3)CC2)CC1. The summed E-state index contributed by atoms with van der Waals surface area (Å²) in [5.74, 6) is 1.03. The minimum Gasteiger partial charge on any atom is -0.484 e. The number of rotatable bonds is 7. The Hall–Kier alpha value is -2.12. The number of carbonyl (C=O) groups excluding carboxylic acids is 2. The maximum Gasteiger partial charge on any atom is 0.258 e. The largest absolute Gasteiger partial charge is 0.484 e. The Morgan fingerprint density at radius 2 is 1.71 bits per heavy atom. The summed E-state index contributed by atoms with van der Waals surface area (Å²) in [6, 6.07) is 9.18. The molecule has 1 N–H and O–H groups in total. The van der Waals surface area contributed by atoms with Gasteiger partial charge in [-0.3, -0.25) is 9.59 Å². The van der Waals surface area contributed by atoms with Gasteiger partial charge in [-0.25, -0.2) is 0 Å². The van der Waals surface area contributed by atoms with E-state index in [4.69, 9.17) is 4.74 Å². The highest BCUT2D eigenvalue weighted by Gasteiger charge is 2.25. The van der Waals surface area contributed by atoms with Gasteiger partial charge in [-0.15, -0.1) is 0 Å². The van der Waals surface area contributed by atoms with Crippen molar-refractivity contribution in [3.05, 3.63) is 30.3 Å². The zero-order valence-corrected chi connectivity index (χ0v) is 16.8. The molecule has 1 aromatic rings. The highest BCUT2D eigenvalue weighted by atomic mass is 16.5. The molecule has 0 unspecified atom stereocenters. The van der Waals surface area contributed by atoms with Crippen LogP contribution in [0.25, 0.3) is 0 Å². The van der Waals surface area contributed by atoms with E-state index in [2.05, 4.69) is 22.2 Å². The second kappa shape index (κ2) is 10.4. The number of benzene rings is 1. The van der Waals surface area contributed by atoms with E-state index in [0.29, 0.717) is 11.7 Å². The number of nitrogens with one attached hydrogen (secondary N) is 1. The predicted molar refractivity (Wildman–Crippen MR) is 108 cm³/mol. The molecule has 7 heteroatoms. The molecule has 7 nitrogen and oxygen atoms in total. The lowest BCUT2D eigenvalue weighted by Gasteiger charge is -2.38. The molecule has 154 valence electrons. The van der Waals surface area contributed by atoms with Crippen molar-refractivity contribution in [3.63, 3.8) is 0 Å². The van der Waals surface area contributed by atoms with Gasteiger partial charge in [0.2, 0.25) is 5.91 Å². The molecule has 2 fully saturated rings. The molecule has 28 heavy (non-hydrogen) atoms. The van der Waals surface area contributed by atoms with Crippen LogP contribution in [-0.4, -0.2) is 92.5 Å². The summed E-state index contributed by atoms with van der Waals surface area (Å²) in [5, 5.41) is 2.66. The molecule has 0 aliphatic carbocycles. The molecule has 1 aromatic carbocycles. The number of piperidine rings is 1. The fourth-order valence-corrected chi connectivity index (χ4v) is 3.76. The Balaban J connectivity index is 1.30. The molecule has 0 radical (unpaired) electrons. The summed E-state index contributed by atoms with van der Waals surface area (Å²) < 4.78 is 5.39. The average Bonchev–Trinajstić information content (AvgIpc) is 2.73. The van der Waals surface area contributed by atoms with Gasteiger partial charge in [0, 0.05) is 45.8 Å². The number of hydrogen-bond donors (Lipinski definition) is 1. The summed E-state index contributed by atoms with van der Waals surface area (Å²) in [6.45, 7) is 7.25. The topological polar surface area (TPSA) is 65.1 Å². The molecule has 0 bridgehead atoms. The van der Waals surface area contributed by atoms with Gasteiger partial charge < -0.3 is 24.8 Å². The van der Waals surface area contributed by atoms with E-state index >= 15 is 0 Å². The van der Waals surface area contributed by atoms with Crippen LogP contribution in [0.2, 0.25) is 0 Å². The third kappa shape index (κ3) is 6.49. The Kier molecular flexibility index (Phi) is 7.68. The summed E-state index contributed by atoms with van der Waals surface area (Å²) in [5.41, 5.74) is 0. The first-order valence-electron chi connectivity index (χ1n) is 10.2. The minimum atomic E-state index is -0.276. The zero-order valence-electron chi connectivity index (χ0n) is 16.8. The van der Waals surface area contributed by atoms with Crippen molar-refractivity contribution in [1.82, 2.24) is 20.0 Å². The van der Waals surface area contributed by atoms with Crippen LogP contribution in [0.4, 0.5) is 0 Å². The van der Waals surface area contributed by atoms with Crippen LogP contribution < -0.4 is 10.1 Å². The van der Waals surface area contributed by atoms with Gasteiger partial charge >= 0.3 is 0 Å². The van der Waals surface area contributed by atoms with Crippen LogP contribution in [0.15, 0.2) is 30.3 Å². The lowest BCUT2D eigenvalue weighted by molar-refractivity contribution is -0.134. The van der Waals surface area contributed by atoms with Crippen molar-refractivity contribution < 1.29 is 14.3 Å². The third-order valence-electron chi connectivity index (χ3n) is 5.63. The molecule has 2 heterocycles. The first kappa shape index (κ1) is 20.6. The van der Waals surface area contributed by atoms with Gasteiger partial charge in [0.25, 0.3) is 5.91 Å². The Morgan fingerprint density at radius 3 is 2.39 bits per heavy atom. The highest BCUT2D eigenvalue weighted by Crippen LogP contribution is 2.19. The van der Waals surface area contributed by atoms with Crippen LogP contribution in [0.3, 0.4) is 0 Å². The molecule has 2 aliphatic rings. The molecular formula is C21H32N4O3. The maximum atomic E-state index is 12.4. The van der Waals surface area contributed by atoms with Crippen LogP contribution >= 0.6 is 0 Å². The molecular weight excluding hydrogens is 356 g/mol. The van der Waals surface area contributed by atoms with E-state index in [9.17, 15) is 9.59 Å². The number of ether oxygens (including phenoxy) is 1. The smallest absolute Gasteiger partial charge is 0.258 e. The zero-order chi connectivity index (χ0) is 19.8. The number of amides is 2. The van der Waals surface area contributed by atoms with E-state index in [1.165, 1.54) is 0 Å². The molecule has 0 spiro atoms. The van der Waals surface area contributed by atoms with Crippen molar-refractivity contribution in [1.29, 1.82) is 0 Å². The fraction of sp³-hybridized carbons (Fsp3) is 0.619. The normalized spacial score (nSPS) is 19.4. The van der Waals surface area contributed by atoms with Gasteiger partial charge in [0.05, 0.1) is 6.54 Å². The van der Waals surface area contributed by atoms with E-state index < -0.39 is 0 Å². The van der Waals surface area contributed by atoms with Crippen molar-refractivity contribution in [2.24, 2.45) is 5.92 Å². The molecule has 0 saturated carbocycles. The van der Waals surface area contributed by atoms with Crippen LogP contribution in [0.1, 0.15) is 12.8 Å². The van der Waals surface area contributed by atoms with Crippen LogP contribution in [0.5, 0.6) is 5.75 Å². The molecule has 2 amide bonds. The highest BCUT2D eigenvalue weighted by molar-refractivity contribution is 5.85. The van der Waals surface area contributed by atoms with Gasteiger partial charge in [0.15, 0.2) is 6.61 Å². The van der Waals surface area contributed by atoms with Gasteiger partial charge in [-0.05, 0) is 37.9 Å². The Bertz CT molecular complexity index is 624. The standard InChI is InChI=1S/C21H32N4O3/c1-23-11-13-24(14-12-23)16-18-7-9-25(10-8-18)21(27)15-22-20(26)17-28-19-5-3-2-4-6-19/h2-6,18H,7-17H2,1H3,(H,22,26). The second-order valence-corrected chi connectivity index (χ2v) is 7.81. The number of para-hydroxylation sites is 1. The van der Waals surface area contributed by atoms with E-state index in [-0.39, 0.29) is 25.0 Å². The predicted octanol–water partition coefficient (Wildman–Crippen LogP) is 0.668. The van der Waals surface area contributed by atoms with Crippen molar-refractivity contribution in [2.45, 2.75) is 12.8 Å². The fourth-order valence-electron chi connectivity index (χ4n) is 3.76. The molecule has 0 atom stereocenters. The van der Waals surface area contributed by atoms with Crippen molar-refractivity contribution >= 4 is 11.8 Å². The number of piperazine rings is 1. The lowest BCUT2D eigenvalue weighted by Crippen LogP contribution is -2.49. The van der Waals surface area contributed by atoms with E-state index in [1.54, 1.807) is 12.1 Å². The van der Waals surface area contributed by atoms with E-state index in [0.717, 1.165) is 58.7 Å². The first-order chi connectivity index (χ1) is 13.6. The monoisotopic (exact) mass is 388 g/mol. The summed E-state index contributed by atoms with van der Waals surface area (Å²) >= 11 is 0. The third-order valence-corrected chi connectivity index (χ3v) is 5.63. The van der Waals surface area contributed by atoms with Gasteiger partial charge in [-0.2, -0.15) is 0 Å². The first-order valence-corrected chi connectivity index (χ1v) is 10.2. The maximum absolute atomic E-state index is 12.4. The summed E-state index contributed by atoms with van der Waals surface area (Å²) in [6.07, 6.45) is 2.09. The minimum absolute atomic E-state index is 0.00823. The number of nitrogens with zero attached hydrogens (tertiary/aromatic N) is 3. The van der Waals surface area contributed by atoms with Gasteiger partial charge in [-0.1, -0.05) is 18.2 Å². The Morgan fingerprint density at radius 1 is 1.04 bits per heavy atom.